The van der Waals surface area contributed by atoms with Crippen LogP contribution < -0.4 is 0 Å². The number of carboxylic acid groups (broad SMARTS) is 1. The molecule has 0 saturated carbocycles. The number of carbonyl (C=O) groups is 3. The van der Waals surface area contributed by atoms with Gasteiger partial charge in [0.1, 0.15) is 6.61 Å². The van der Waals surface area contributed by atoms with Crippen molar-refractivity contribution < 1.29 is 34.1 Å². The van der Waals surface area contributed by atoms with Gasteiger partial charge in [0.15, 0.2) is 0 Å². The van der Waals surface area contributed by atoms with E-state index in [0.29, 0.717) is 18.1 Å². The molecule has 156 valence electrons. The highest BCUT2D eigenvalue weighted by Gasteiger charge is 2.07. The van der Waals surface area contributed by atoms with Crippen LogP contribution in [-0.4, -0.2) is 47.9 Å². The Morgan fingerprint density at radius 3 is 2.00 bits per heavy atom. The summed E-state index contributed by atoms with van der Waals surface area (Å²) in [5, 5.41) is 15.8. The van der Waals surface area contributed by atoms with Crippen molar-refractivity contribution in [1.29, 1.82) is 0 Å². The third-order valence-corrected chi connectivity index (χ3v) is 3.02. The highest BCUT2D eigenvalue weighted by atomic mass is 16.5. The number of carboxylic acids is 1. The van der Waals surface area contributed by atoms with Gasteiger partial charge in [-0.1, -0.05) is 52.8 Å². The Kier molecular flexibility index (Phi) is 23.5. The van der Waals surface area contributed by atoms with Crippen LogP contribution in [0.1, 0.15) is 46.5 Å². The van der Waals surface area contributed by atoms with Crippen LogP contribution in [0, 0.1) is 5.92 Å². The molecule has 1 atom stereocenters. The Balaban J connectivity index is -0.000000356. The summed E-state index contributed by atoms with van der Waals surface area (Å²) < 4.78 is 9.45. The van der Waals surface area contributed by atoms with E-state index in [4.69, 9.17) is 14.9 Å². The molecule has 0 radical (unpaired) electrons. The summed E-state index contributed by atoms with van der Waals surface area (Å²) in [4.78, 5) is 30.5. The number of unbranched alkanes of at least 4 members (excludes halogenated alkanes) is 1. The first-order valence-electron chi connectivity index (χ1n) is 8.77. The number of hydrogen-bond donors (Lipinski definition) is 2. The van der Waals surface area contributed by atoms with E-state index in [1.807, 2.05) is 0 Å². The van der Waals surface area contributed by atoms with Crippen LogP contribution in [0.5, 0.6) is 0 Å². The molecule has 2 N–H and O–H groups in total. The number of rotatable bonds is 11. The van der Waals surface area contributed by atoms with Crippen LogP contribution in [0.3, 0.4) is 0 Å². The van der Waals surface area contributed by atoms with Gasteiger partial charge in [0.05, 0.1) is 13.2 Å². The van der Waals surface area contributed by atoms with E-state index in [-0.39, 0.29) is 19.2 Å². The number of hydrogen-bond acceptors (Lipinski definition) is 6. The molecule has 7 heteroatoms. The van der Waals surface area contributed by atoms with Gasteiger partial charge in [0.25, 0.3) is 0 Å². The lowest BCUT2D eigenvalue weighted by molar-refractivity contribution is -0.140. The van der Waals surface area contributed by atoms with Crippen LogP contribution in [-0.2, 0) is 23.9 Å². The molecule has 0 amide bonds. The fraction of sp³-hybridized carbons (Fsp3) is 0.550. The molecule has 7 nitrogen and oxygen atoms in total. The summed E-state index contributed by atoms with van der Waals surface area (Å²) in [6, 6.07) is 0. The van der Waals surface area contributed by atoms with Crippen molar-refractivity contribution in [3.63, 3.8) is 0 Å². The number of carbonyl (C=O) groups excluding carboxylic acids is 2. The molecule has 0 aliphatic rings. The maximum absolute atomic E-state index is 10.8. The van der Waals surface area contributed by atoms with Crippen molar-refractivity contribution in [2.45, 2.75) is 46.5 Å². The van der Waals surface area contributed by atoms with Gasteiger partial charge in [-0.25, -0.2) is 14.4 Å². The van der Waals surface area contributed by atoms with Crippen molar-refractivity contribution >= 4 is 17.9 Å². The molecule has 1 unspecified atom stereocenters. The fourth-order valence-corrected chi connectivity index (χ4v) is 1.42. The second kappa shape index (κ2) is 21.6. The monoisotopic (exact) mass is 386 g/mol. The van der Waals surface area contributed by atoms with Crippen molar-refractivity contribution in [2.24, 2.45) is 5.92 Å². The minimum Gasteiger partial charge on any atom is -0.478 e. The topological polar surface area (TPSA) is 110 Å². The van der Waals surface area contributed by atoms with E-state index in [2.05, 4.69) is 38.3 Å². The molecule has 27 heavy (non-hydrogen) atoms. The van der Waals surface area contributed by atoms with Crippen LogP contribution in [0.25, 0.3) is 0 Å². The molecule has 0 rings (SSSR count). The van der Waals surface area contributed by atoms with E-state index < -0.39 is 11.9 Å². The minimum atomic E-state index is -0.981. The summed E-state index contributed by atoms with van der Waals surface area (Å²) in [5.74, 6) is -1.23. The Morgan fingerprint density at radius 1 is 1.11 bits per heavy atom. The first kappa shape index (κ1) is 29.4. The van der Waals surface area contributed by atoms with Crippen molar-refractivity contribution in [1.82, 2.24) is 0 Å². The Hall–Kier alpha value is -2.41. The SMILES string of the molecule is C=C(C)C(=O)OCCO.C=CC(=O)O.C=CC(=O)OCC(CC)CCCC. The minimum absolute atomic E-state index is 0.0473. The second-order valence-corrected chi connectivity index (χ2v) is 5.43. The molecule has 0 fully saturated rings. The van der Waals surface area contributed by atoms with E-state index in [1.165, 1.54) is 18.9 Å². The Labute approximate surface area is 162 Å². The van der Waals surface area contributed by atoms with Crippen LogP contribution in [0.15, 0.2) is 37.5 Å². The summed E-state index contributed by atoms with van der Waals surface area (Å²) >= 11 is 0. The van der Waals surface area contributed by atoms with Crippen molar-refractivity contribution in [3.05, 3.63) is 37.5 Å². The summed E-state index contributed by atoms with van der Waals surface area (Å²) in [6.45, 7) is 16.0. The van der Waals surface area contributed by atoms with Gasteiger partial charge < -0.3 is 19.7 Å². The quantitative estimate of drug-likeness (QED) is 0.414. The molecule has 0 heterocycles. The number of aliphatic hydroxyl groups excluding tert-OH is 1. The standard InChI is InChI=1S/C11H20O2.C6H10O3.C3H4O2/c1-4-7-8-10(5-2)9-13-11(12)6-3;1-5(2)6(8)9-4-3-7;1-2-3(4)5/h6,10H,3-5,7-9H2,1-2H3;7H,1,3-4H2,2H3;2H,1H2,(H,4,5). The highest BCUT2D eigenvalue weighted by Crippen LogP contribution is 2.12. The molecule has 0 saturated heterocycles. The van der Waals surface area contributed by atoms with Gasteiger partial charge >= 0.3 is 17.9 Å². The molecular weight excluding hydrogens is 352 g/mol. The second-order valence-electron chi connectivity index (χ2n) is 5.43. The molecule has 0 aromatic carbocycles. The molecule has 0 bridgehead atoms. The lowest BCUT2D eigenvalue weighted by Crippen LogP contribution is -2.12. The van der Waals surface area contributed by atoms with Gasteiger partial charge in [-0.15, -0.1) is 0 Å². The first-order valence-corrected chi connectivity index (χ1v) is 8.77. The van der Waals surface area contributed by atoms with Crippen LogP contribution in [0.4, 0.5) is 0 Å². The number of aliphatic hydroxyl groups is 1. The Bertz CT molecular complexity index is 455. The molecule has 0 aliphatic heterocycles. The summed E-state index contributed by atoms with van der Waals surface area (Å²) in [5.41, 5.74) is 0.350. The molecule has 0 aliphatic carbocycles. The van der Waals surface area contributed by atoms with Gasteiger partial charge in [-0.3, -0.25) is 0 Å². The van der Waals surface area contributed by atoms with Crippen molar-refractivity contribution in [2.75, 3.05) is 19.8 Å². The first-order chi connectivity index (χ1) is 12.7. The number of aliphatic carboxylic acids is 1. The van der Waals surface area contributed by atoms with Crippen LogP contribution in [0.2, 0.25) is 0 Å². The van der Waals surface area contributed by atoms with E-state index in [1.54, 1.807) is 6.92 Å². The Morgan fingerprint density at radius 2 is 1.67 bits per heavy atom. The predicted octanol–water partition coefficient (Wildman–Crippen LogP) is 3.29. The number of esters is 2. The van der Waals surface area contributed by atoms with Crippen LogP contribution >= 0.6 is 0 Å². The van der Waals surface area contributed by atoms with E-state index in [0.717, 1.165) is 18.9 Å². The largest absolute Gasteiger partial charge is 0.478 e. The van der Waals surface area contributed by atoms with Gasteiger partial charge in [0, 0.05) is 17.7 Å². The zero-order valence-corrected chi connectivity index (χ0v) is 16.7. The van der Waals surface area contributed by atoms with Gasteiger partial charge in [-0.2, -0.15) is 0 Å². The van der Waals surface area contributed by atoms with Gasteiger partial charge in [0.2, 0.25) is 0 Å². The zero-order chi connectivity index (χ0) is 21.7. The van der Waals surface area contributed by atoms with Crippen molar-refractivity contribution in [3.8, 4) is 0 Å². The average Bonchev–Trinajstić information content (AvgIpc) is 2.66. The lowest BCUT2D eigenvalue weighted by Gasteiger charge is -2.13. The average molecular weight is 386 g/mol. The smallest absolute Gasteiger partial charge is 0.333 e. The normalized spacial score (nSPS) is 9.93. The lowest BCUT2D eigenvalue weighted by atomic mass is 10.0. The van der Waals surface area contributed by atoms with E-state index >= 15 is 0 Å². The highest BCUT2D eigenvalue weighted by molar-refractivity contribution is 5.86. The molecule has 0 aromatic heterocycles. The summed E-state index contributed by atoms with van der Waals surface area (Å²) in [7, 11) is 0. The maximum atomic E-state index is 10.8. The molecular formula is C20H34O7. The zero-order valence-electron chi connectivity index (χ0n) is 16.7. The maximum Gasteiger partial charge on any atom is 0.333 e. The van der Waals surface area contributed by atoms with E-state index in [9.17, 15) is 14.4 Å². The molecule has 0 aromatic rings. The third-order valence-electron chi connectivity index (χ3n) is 3.02. The molecule has 0 spiro atoms. The summed E-state index contributed by atoms with van der Waals surface area (Å²) in [6.07, 6.45) is 6.68. The van der Waals surface area contributed by atoms with Gasteiger partial charge in [-0.05, 0) is 19.3 Å². The third kappa shape index (κ3) is 25.9. The fourth-order valence-electron chi connectivity index (χ4n) is 1.42. The predicted molar refractivity (Wildman–Crippen MR) is 105 cm³/mol. The number of ether oxygens (including phenoxy) is 2.